The van der Waals surface area contributed by atoms with E-state index < -0.39 is 6.10 Å². The second-order valence-corrected chi connectivity index (χ2v) is 5.00. The van der Waals surface area contributed by atoms with Crippen molar-refractivity contribution < 1.29 is 14.6 Å². The van der Waals surface area contributed by atoms with Crippen LogP contribution in [0.1, 0.15) is 31.9 Å². The number of carbonyl (C=O) groups excluding carboxylic acids is 1. The Morgan fingerprint density at radius 1 is 1.53 bits per heavy atom. The maximum atomic E-state index is 11.7. The van der Waals surface area contributed by atoms with Gasteiger partial charge in [-0.15, -0.1) is 0 Å². The minimum absolute atomic E-state index is 0.0303. The first-order chi connectivity index (χ1) is 9.04. The van der Waals surface area contributed by atoms with Crippen molar-refractivity contribution in [1.29, 1.82) is 0 Å². The topological polar surface area (TPSA) is 63.5 Å². The average molecular weight is 268 g/mol. The Hall–Kier alpha value is -1.33. The highest BCUT2D eigenvalue weighted by Gasteiger charge is 2.13. The molecule has 1 atom stereocenters. The number of nitrogens with zero attached hydrogens (tertiary/aromatic N) is 1. The molecule has 108 valence electrons. The van der Waals surface area contributed by atoms with Gasteiger partial charge in [0.25, 0.3) is 0 Å². The first-order valence-electron chi connectivity index (χ1n) is 6.64. The summed E-state index contributed by atoms with van der Waals surface area (Å²) in [5, 5.41) is 12.7. The van der Waals surface area contributed by atoms with Crippen LogP contribution >= 0.6 is 0 Å². The summed E-state index contributed by atoms with van der Waals surface area (Å²) in [6.07, 6.45) is 3.96. The molecule has 0 aliphatic rings. The van der Waals surface area contributed by atoms with Crippen molar-refractivity contribution in [2.75, 3.05) is 20.3 Å². The summed E-state index contributed by atoms with van der Waals surface area (Å²) in [4.78, 5) is 11.7. The molecule has 0 aliphatic heterocycles. The van der Waals surface area contributed by atoms with Gasteiger partial charge in [-0.3, -0.25) is 4.79 Å². The zero-order valence-corrected chi connectivity index (χ0v) is 11.9. The van der Waals surface area contributed by atoms with Crippen molar-refractivity contribution >= 4 is 5.91 Å². The molecule has 2 N–H and O–H groups in total. The summed E-state index contributed by atoms with van der Waals surface area (Å²) in [5.41, 5.74) is 0.849. The Morgan fingerprint density at radius 2 is 2.26 bits per heavy atom. The quantitative estimate of drug-likeness (QED) is 0.699. The normalized spacial score (nSPS) is 12.7. The lowest BCUT2D eigenvalue weighted by Gasteiger charge is -2.12. The molecule has 0 aromatic carbocycles. The second-order valence-electron chi connectivity index (χ2n) is 5.00. The van der Waals surface area contributed by atoms with Crippen molar-refractivity contribution in [2.45, 2.75) is 32.9 Å². The summed E-state index contributed by atoms with van der Waals surface area (Å²) in [6.45, 7) is 5.47. The van der Waals surface area contributed by atoms with Gasteiger partial charge in [0.2, 0.25) is 5.91 Å². The Labute approximate surface area is 114 Å². The molecule has 1 heterocycles. The number of hydrogen-bond acceptors (Lipinski definition) is 3. The van der Waals surface area contributed by atoms with E-state index in [0.29, 0.717) is 13.2 Å². The number of carbonyl (C=O) groups is 1. The van der Waals surface area contributed by atoms with E-state index in [4.69, 9.17) is 4.74 Å². The second kappa shape index (κ2) is 7.96. The number of methoxy groups -OCH3 is 1. The van der Waals surface area contributed by atoms with E-state index >= 15 is 0 Å². The van der Waals surface area contributed by atoms with E-state index in [0.717, 1.165) is 12.0 Å². The van der Waals surface area contributed by atoms with E-state index in [9.17, 15) is 9.90 Å². The first kappa shape index (κ1) is 15.7. The van der Waals surface area contributed by atoms with Crippen LogP contribution in [0, 0.1) is 5.92 Å². The van der Waals surface area contributed by atoms with Crippen molar-refractivity contribution in [2.24, 2.45) is 5.92 Å². The van der Waals surface area contributed by atoms with Crippen LogP contribution in [0.4, 0.5) is 0 Å². The maximum Gasteiger partial charge on any atom is 0.239 e. The molecule has 1 rings (SSSR count). The third-order valence-electron chi connectivity index (χ3n) is 2.92. The first-order valence-corrected chi connectivity index (χ1v) is 6.64. The number of aromatic nitrogens is 1. The van der Waals surface area contributed by atoms with Gasteiger partial charge in [-0.1, -0.05) is 13.8 Å². The molecular weight excluding hydrogens is 244 g/mol. The van der Waals surface area contributed by atoms with Crippen molar-refractivity contribution in [1.82, 2.24) is 9.88 Å². The zero-order chi connectivity index (χ0) is 14.3. The predicted molar refractivity (Wildman–Crippen MR) is 73.7 cm³/mol. The average Bonchev–Trinajstić information content (AvgIpc) is 2.82. The molecule has 0 fully saturated rings. The van der Waals surface area contributed by atoms with Gasteiger partial charge in [0.15, 0.2) is 0 Å². The number of rotatable bonds is 8. The number of aliphatic hydroxyl groups excluding tert-OH is 1. The third-order valence-corrected chi connectivity index (χ3v) is 2.92. The van der Waals surface area contributed by atoms with Gasteiger partial charge in [0.1, 0.15) is 6.54 Å². The molecule has 5 heteroatoms. The molecule has 0 spiro atoms. The van der Waals surface area contributed by atoms with Gasteiger partial charge in [-0.05, 0) is 24.0 Å². The number of aliphatic hydroxyl groups is 1. The molecule has 5 nitrogen and oxygen atoms in total. The molecule has 19 heavy (non-hydrogen) atoms. The Morgan fingerprint density at radius 3 is 2.89 bits per heavy atom. The molecule has 1 aromatic rings. The molecule has 1 amide bonds. The van der Waals surface area contributed by atoms with Gasteiger partial charge < -0.3 is 19.7 Å². The molecule has 0 saturated heterocycles. The van der Waals surface area contributed by atoms with Gasteiger partial charge in [0, 0.05) is 32.7 Å². The minimum atomic E-state index is -0.481. The standard InChI is InChI=1S/C14H24N2O3/c1-11(2)14(18)12-5-7-16(9-12)10-13(17)15-6-4-8-19-3/h5,7,9,11,14,18H,4,6,8,10H2,1-3H3,(H,15,17). The van der Waals surface area contributed by atoms with Crippen molar-refractivity contribution in [3.63, 3.8) is 0 Å². The van der Waals surface area contributed by atoms with Gasteiger partial charge in [-0.25, -0.2) is 0 Å². The fourth-order valence-electron chi connectivity index (χ4n) is 1.78. The number of ether oxygens (including phenoxy) is 1. The molecule has 1 aromatic heterocycles. The Bertz CT molecular complexity index is 388. The van der Waals surface area contributed by atoms with Crippen molar-refractivity contribution in [3.05, 3.63) is 24.0 Å². The van der Waals surface area contributed by atoms with E-state index in [2.05, 4.69) is 5.32 Å². The van der Waals surface area contributed by atoms with Crippen molar-refractivity contribution in [3.8, 4) is 0 Å². The van der Waals surface area contributed by atoms with Crippen LogP contribution < -0.4 is 5.32 Å². The summed E-state index contributed by atoms with van der Waals surface area (Å²) in [6, 6.07) is 1.85. The fraction of sp³-hybridized carbons (Fsp3) is 0.643. The Balaban J connectivity index is 2.38. The summed E-state index contributed by atoms with van der Waals surface area (Å²) < 4.78 is 6.69. The monoisotopic (exact) mass is 268 g/mol. The molecular formula is C14H24N2O3. The highest BCUT2D eigenvalue weighted by atomic mass is 16.5. The smallest absolute Gasteiger partial charge is 0.239 e. The van der Waals surface area contributed by atoms with Crippen LogP contribution in [-0.2, 0) is 16.1 Å². The van der Waals surface area contributed by atoms with Crippen LogP contribution in [0.3, 0.4) is 0 Å². The maximum absolute atomic E-state index is 11.7. The van der Waals surface area contributed by atoms with E-state index in [1.54, 1.807) is 11.7 Å². The number of hydrogen-bond donors (Lipinski definition) is 2. The van der Waals surface area contributed by atoms with E-state index in [1.165, 1.54) is 0 Å². The van der Waals surface area contributed by atoms with E-state index in [-0.39, 0.29) is 18.4 Å². The summed E-state index contributed by atoms with van der Waals surface area (Å²) in [5.74, 6) is 0.135. The van der Waals surface area contributed by atoms with Gasteiger partial charge >= 0.3 is 0 Å². The van der Waals surface area contributed by atoms with Gasteiger partial charge in [-0.2, -0.15) is 0 Å². The molecule has 0 aliphatic carbocycles. The summed E-state index contributed by atoms with van der Waals surface area (Å²) >= 11 is 0. The molecule has 1 unspecified atom stereocenters. The number of amides is 1. The van der Waals surface area contributed by atoms with Crippen LogP contribution in [0.15, 0.2) is 18.5 Å². The largest absolute Gasteiger partial charge is 0.388 e. The minimum Gasteiger partial charge on any atom is -0.388 e. The third kappa shape index (κ3) is 5.44. The molecule has 0 bridgehead atoms. The van der Waals surface area contributed by atoms with Crippen LogP contribution in [-0.4, -0.2) is 35.8 Å². The highest BCUT2D eigenvalue weighted by molar-refractivity contribution is 5.75. The fourth-order valence-corrected chi connectivity index (χ4v) is 1.78. The predicted octanol–water partition coefficient (Wildman–Crippen LogP) is 1.33. The van der Waals surface area contributed by atoms with Crippen LogP contribution in [0.25, 0.3) is 0 Å². The zero-order valence-electron chi connectivity index (χ0n) is 11.9. The van der Waals surface area contributed by atoms with Gasteiger partial charge in [0.05, 0.1) is 6.10 Å². The van der Waals surface area contributed by atoms with E-state index in [1.807, 2.05) is 32.3 Å². The lowest BCUT2D eigenvalue weighted by Crippen LogP contribution is -2.28. The summed E-state index contributed by atoms with van der Waals surface area (Å²) in [7, 11) is 1.64. The Kier molecular flexibility index (Phi) is 6.59. The SMILES string of the molecule is COCCCNC(=O)Cn1ccc(C(O)C(C)C)c1. The van der Waals surface area contributed by atoms with Crippen LogP contribution in [0.2, 0.25) is 0 Å². The molecule has 0 saturated carbocycles. The number of nitrogens with one attached hydrogen (secondary N) is 1. The molecule has 0 radical (unpaired) electrons. The lowest BCUT2D eigenvalue weighted by molar-refractivity contribution is -0.121. The lowest BCUT2D eigenvalue weighted by atomic mass is 10.0. The highest BCUT2D eigenvalue weighted by Crippen LogP contribution is 2.21. The van der Waals surface area contributed by atoms with Crippen LogP contribution in [0.5, 0.6) is 0 Å².